The van der Waals surface area contributed by atoms with Crippen molar-refractivity contribution in [3.63, 3.8) is 0 Å². The van der Waals surface area contributed by atoms with E-state index in [1.807, 2.05) is 6.92 Å². The molecule has 116 valence electrons. The van der Waals surface area contributed by atoms with Gasteiger partial charge < -0.3 is 5.11 Å². The maximum atomic E-state index is 11.5. The molecule has 2 rings (SSSR count). The predicted octanol–water partition coefficient (Wildman–Crippen LogP) is 4.11. The summed E-state index contributed by atoms with van der Waals surface area (Å²) in [5, 5.41) is 10.6. The van der Waals surface area contributed by atoms with Crippen molar-refractivity contribution in [3.8, 4) is 0 Å². The van der Waals surface area contributed by atoms with Crippen LogP contribution >= 0.6 is 11.8 Å². The Bertz CT molecular complexity index is 519. The van der Waals surface area contributed by atoms with Crippen molar-refractivity contribution in [1.82, 2.24) is 9.97 Å². The van der Waals surface area contributed by atoms with Crippen molar-refractivity contribution in [2.24, 2.45) is 5.92 Å². The number of aromatic carboxylic acids is 1. The Morgan fingerprint density at radius 2 is 2.00 bits per heavy atom. The molecule has 0 spiro atoms. The zero-order chi connectivity index (χ0) is 15.4. The van der Waals surface area contributed by atoms with Gasteiger partial charge in [-0.3, -0.25) is 0 Å². The number of hydrogen-bond acceptors (Lipinski definition) is 4. The van der Waals surface area contributed by atoms with E-state index in [9.17, 15) is 9.90 Å². The fourth-order valence-corrected chi connectivity index (χ4v) is 4.63. The molecular formula is C16H24N2O2S. The lowest BCUT2D eigenvalue weighted by Crippen LogP contribution is -2.22. The third-order valence-corrected chi connectivity index (χ3v) is 5.70. The van der Waals surface area contributed by atoms with Crippen LogP contribution in [0.1, 0.15) is 67.8 Å². The van der Waals surface area contributed by atoms with E-state index in [0.717, 1.165) is 25.1 Å². The minimum absolute atomic E-state index is 0.289. The van der Waals surface area contributed by atoms with E-state index >= 15 is 0 Å². The molecule has 0 aliphatic heterocycles. The lowest BCUT2D eigenvalue weighted by molar-refractivity contribution is 0.0690. The molecule has 1 aliphatic carbocycles. The quantitative estimate of drug-likeness (QED) is 0.829. The second-order valence-electron chi connectivity index (χ2n) is 5.67. The highest BCUT2D eigenvalue weighted by Crippen LogP contribution is 2.39. The van der Waals surface area contributed by atoms with Crippen LogP contribution in [0.2, 0.25) is 0 Å². The van der Waals surface area contributed by atoms with E-state index in [1.54, 1.807) is 18.7 Å². The number of carbonyl (C=O) groups is 1. The first kappa shape index (κ1) is 16.3. The summed E-state index contributed by atoms with van der Waals surface area (Å²) in [6.07, 6.45) is 6.83. The van der Waals surface area contributed by atoms with Crippen molar-refractivity contribution >= 4 is 17.7 Å². The van der Waals surface area contributed by atoms with E-state index in [4.69, 9.17) is 0 Å². The Morgan fingerprint density at radius 3 is 2.62 bits per heavy atom. The molecule has 1 saturated carbocycles. The van der Waals surface area contributed by atoms with E-state index in [-0.39, 0.29) is 5.56 Å². The van der Waals surface area contributed by atoms with Gasteiger partial charge in [0.25, 0.3) is 0 Å². The maximum Gasteiger partial charge on any atom is 0.340 e. The van der Waals surface area contributed by atoms with Gasteiger partial charge in [0.05, 0.1) is 5.69 Å². The minimum Gasteiger partial charge on any atom is -0.478 e. The highest BCUT2D eigenvalue weighted by atomic mass is 32.2. The second kappa shape index (κ2) is 7.25. The van der Waals surface area contributed by atoms with E-state index in [0.29, 0.717) is 21.9 Å². The lowest BCUT2D eigenvalue weighted by atomic mass is 9.87. The summed E-state index contributed by atoms with van der Waals surface area (Å²) in [5.41, 5.74) is 0.873. The van der Waals surface area contributed by atoms with Gasteiger partial charge in [-0.15, -0.1) is 11.8 Å². The lowest BCUT2D eigenvalue weighted by Gasteiger charge is -2.30. The topological polar surface area (TPSA) is 63.1 Å². The van der Waals surface area contributed by atoms with Crippen molar-refractivity contribution < 1.29 is 9.90 Å². The number of nitrogens with zero attached hydrogens (tertiary/aromatic N) is 2. The van der Waals surface area contributed by atoms with Crippen molar-refractivity contribution in [1.29, 1.82) is 0 Å². The fourth-order valence-electron chi connectivity index (χ4n) is 3.03. The van der Waals surface area contributed by atoms with Crippen LogP contribution in [0, 0.1) is 12.8 Å². The molecule has 0 bridgehead atoms. The van der Waals surface area contributed by atoms with Crippen LogP contribution in [0.3, 0.4) is 0 Å². The highest BCUT2D eigenvalue weighted by molar-refractivity contribution is 8.00. The summed E-state index contributed by atoms with van der Waals surface area (Å²) in [7, 11) is 0. The number of carboxylic acid groups (broad SMARTS) is 1. The molecule has 5 heteroatoms. The SMILES string of the molecule is CCc1nc(C)c(C(=O)O)c(SC2CCCCC2CC)n1. The average Bonchev–Trinajstić information content (AvgIpc) is 2.46. The standard InChI is InChI=1S/C16H24N2O2S/c1-4-11-8-6-7-9-12(11)21-15-14(16(19)20)10(3)17-13(5-2)18-15/h11-12H,4-9H2,1-3H3,(H,19,20). The van der Waals surface area contributed by atoms with Gasteiger partial charge in [0.15, 0.2) is 0 Å². The predicted molar refractivity (Wildman–Crippen MR) is 85.0 cm³/mol. The largest absolute Gasteiger partial charge is 0.478 e. The number of carboxylic acids is 1. The first-order chi connectivity index (χ1) is 10.1. The molecule has 1 aromatic heterocycles. The third-order valence-electron chi connectivity index (χ3n) is 4.26. The Morgan fingerprint density at radius 1 is 1.29 bits per heavy atom. The van der Waals surface area contributed by atoms with Crippen molar-refractivity contribution in [2.75, 3.05) is 0 Å². The molecule has 2 atom stereocenters. The van der Waals surface area contributed by atoms with E-state index in [2.05, 4.69) is 16.9 Å². The van der Waals surface area contributed by atoms with Gasteiger partial charge in [0, 0.05) is 11.7 Å². The second-order valence-corrected chi connectivity index (χ2v) is 6.90. The van der Waals surface area contributed by atoms with Crippen LogP contribution in [0.25, 0.3) is 0 Å². The Kier molecular flexibility index (Phi) is 5.62. The Labute approximate surface area is 130 Å². The number of thioether (sulfide) groups is 1. The van der Waals surface area contributed by atoms with Gasteiger partial charge in [-0.2, -0.15) is 0 Å². The Balaban J connectivity index is 2.32. The smallest absolute Gasteiger partial charge is 0.340 e. The average molecular weight is 308 g/mol. The summed E-state index contributed by atoms with van der Waals surface area (Å²) in [6, 6.07) is 0. The number of rotatable bonds is 5. The van der Waals surface area contributed by atoms with E-state index < -0.39 is 5.97 Å². The first-order valence-corrected chi connectivity index (χ1v) is 8.72. The zero-order valence-corrected chi connectivity index (χ0v) is 13.9. The van der Waals surface area contributed by atoms with Crippen LogP contribution in [0.4, 0.5) is 0 Å². The molecule has 0 aromatic carbocycles. The summed E-state index contributed by atoms with van der Waals surface area (Å²) < 4.78 is 0. The molecule has 2 unspecified atom stereocenters. The summed E-state index contributed by atoms with van der Waals surface area (Å²) in [6.45, 7) is 6.00. The van der Waals surface area contributed by atoms with Crippen LogP contribution in [0.5, 0.6) is 0 Å². The summed E-state index contributed by atoms with van der Waals surface area (Å²) in [5.74, 6) is 0.496. The number of aromatic nitrogens is 2. The minimum atomic E-state index is -0.915. The van der Waals surface area contributed by atoms with Gasteiger partial charge in [-0.25, -0.2) is 14.8 Å². The normalized spacial score (nSPS) is 22.2. The summed E-state index contributed by atoms with van der Waals surface area (Å²) >= 11 is 1.66. The monoisotopic (exact) mass is 308 g/mol. The first-order valence-electron chi connectivity index (χ1n) is 7.84. The Hall–Kier alpha value is -1.10. The van der Waals surface area contributed by atoms with Crippen LogP contribution in [0.15, 0.2) is 5.03 Å². The summed E-state index contributed by atoms with van der Waals surface area (Å²) in [4.78, 5) is 20.3. The van der Waals surface area contributed by atoms with Crippen LogP contribution in [-0.2, 0) is 6.42 Å². The van der Waals surface area contributed by atoms with Crippen LogP contribution < -0.4 is 0 Å². The zero-order valence-electron chi connectivity index (χ0n) is 13.1. The molecule has 21 heavy (non-hydrogen) atoms. The van der Waals surface area contributed by atoms with E-state index in [1.165, 1.54) is 19.3 Å². The molecule has 0 saturated heterocycles. The molecule has 1 N–H and O–H groups in total. The van der Waals surface area contributed by atoms with Gasteiger partial charge in [0.1, 0.15) is 16.4 Å². The molecule has 1 heterocycles. The molecule has 1 aromatic rings. The maximum absolute atomic E-state index is 11.5. The van der Waals surface area contributed by atoms with Gasteiger partial charge in [0.2, 0.25) is 0 Å². The number of aryl methyl sites for hydroxylation is 2. The van der Waals surface area contributed by atoms with Crippen molar-refractivity contribution in [3.05, 3.63) is 17.1 Å². The van der Waals surface area contributed by atoms with Gasteiger partial charge in [-0.05, 0) is 25.7 Å². The fraction of sp³-hybridized carbons (Fsp3) is 0.688. The molecule has 0 amide bonds. The third kappa shape index (κ3) is 3.76. The highest BCUT2D eigenvalue weighted by Gasteiger charge is 2.28. The molecule has 4 nitrogen and oxygen atoms in total. The molecule has 1 fully saturated rings. The van der Waals surface area contributed by atoms with Gasteiger partial charge in [-0.1, -0.05) is 33.1 Å². The molecule has 0 radical (unpaired) electrons. The molecular weight excluding hydrogens is 284 g/mol. The molecule has 1 aliphatic rings. The van der Waals surface area contributed by atoms with Crippen LogP contribution in [-0.4, -0.2) is 26.3 Å². The van der Waals surface area contributed by atoms with Crippen molar-refractivity contribution in [2.45, 2.75) is 69.6 Å². The van der Waals surface area contributed by atoms with Gasteiger partial charge >= 0.3 is 5.97 Å². The number of hydrogen-bond donors (Lipinski definition) is 1.